The summed E-state index contributed by atoms with van der Waals surface area (Å²) in [4.78, 5) is 26.3. The molecule has 0 amide bonds. The number of carbonyl (C=O) groups excluding carboxylic acids is 2. The van der Waals surface area contributed by atoms with Crippen LogP contribution in [-0.2, 0) is 14.1 Å². The van der Waals surface area contributed by atoms with Gasteiger partial charge in [0.15, 0.2) is 7.14 Å². The summed E-state index contributed by atoms with van der Waals surface area (Å²) in [6, 6.07) is 12.5. The molecule has 0 spiro atoms. The van der Waals surface area contributed by atoms with Crippen molar-refractivity contribution in [3.05, 3.63) is 64.7 Å². The maximum atomic E-state index is 14.1. The largest absolute Gasteiger partial charge is 0.465 e. The third-order valence-electron chi connectivity index (χ3n) is 6.00. The minimum Gasteiger partial charge on any atom is -0.465 e. The Labute approximate surface area is 199 Å². The Morgan fingerprint density at radius 1 is 0.818 bits per heavy atom. The quantitative estimate of drug-likeness (QED) is 0.167. The molecule has 33 heavy (non-hydrogen) atoms. The molecule has 0 saturated heterocycles. The van der Waals surface area contributed by atoms with E-state index in [2.05, 4.69) is 6.92 Å². The second kappa shape index (κ2) is 13.5. The number of hydrogen-bond acceptors (Lipinski definition) is 4. The summed E-state index contributed by atoms with van der Waals surface area (Å²) in [5.41, 5.74) is 2.58. The van der Waals surface area contributed by atoms with Gasteiger partial charge in [-0.2, -0.15) is 0 Å². The molecule has 2 aromatic rings. The Kier molecular flexibility index (Phi) is 11.1. The van der Waals surface area contributed by atoms with Gasteiger partial charge >= 0.3 is 5.97 Å². The average molecular weight is 471 g/mol. The number of ether oxygens (including phenoxy) is 1. The predicted octanol–water partition coefficient (Wildman–Crippen LogP) is 7.12. The van der Waals surface area contributed by atoms with Crippen LogP contribution in [-0.4, -0.2) is 24.3 Å². The van der Waals surface area contributed by atoms with Crippen LogP contribution in [0.2, 0.25) is 0 Å². The maximum Gasteiger partial charge on any atom is 0.314 e. The van der Waals surface area contributed by atoms with Crippen LogP contribution in [0.5, 0.6) is 0 Å². The highest BCUT2D eigenvalue weighted by Gasteiger charge is 2.38. The van der Waals surface area contributed by atoms with Crippen LogP contribution in [0.1, 0.15) is 85.3 Å². The van der Waals surface area contributed by atoms with E-state index in [1.807, 2.05) is 32.9 Å². The van der Waals surface area contributed by atoms with Crippen molar-refractivity contribution in [3.8, 4) is 0 Å². The Bertz CT molecular complexity index is 942. The van der Waals surface area contributed by atoms with Crippen LogP contribution in [0.3, 0.4) is 0 Å². The summed E-state index contributed by atoms with van der Waals surface area (Å²) in [7, 11) is -3.70. The molecule has 2 rings (SSSR count). The fraction of sp³-hybridized carbons (Fsp3) is 0.500. The van der Waals surface area contributed by atoms with Crippen LogP contribution in [0.15, 0.2) is 42.5 Å². The first-order valence-corrected chi connectivity index (χ1v) is 14.1. The molecule has 0 saturated carbocycles. The molecule has 0 bridgehead atoms. The van der Waals surface area contributed by atoms with Gasteiger partial charge in [-0.25, -0.2) is 0 Å². The summed E-state index contributed by atoms with van der Waals surface area (Å²) in [6.07, 6.45) is 8.82. The SMILES string of the molecule is CCCCCCCCCCOC(=O)CP(=O)(C(=O)c1c(C)cc(C)cc1C)c1ccccc1. The first-order valence-electron chi connectivity index (χ1n) is 12.2. The number of aryl methyl sites for hydroxylation is 3. The fourth-order valence-electron chi connectivity index (χ4n) is 4.30. The number of rotatable bonds is 14. The number of carbonyl (C=O) groups is 2. The zero-order valence-electron chi connectivity index (χ0n) is 20.7. The molecule has 0 aromatic heterocycles. The van der Waals surface area contributed by atoms with Gasteiger partial charge in [0.05, 0.1) is 6.61 Å². The number of hydrogen-bond donors (Lipinski definition) is 0. The lowest BCUT2D eigenvalue weighted by atomic mass is 10.0. The molecule has 0 fully saturated rings. The van der Waals surface area contributed by atoms with Crippen molar-refractivity contribution in [2.24, 2.45) is 0 Å². The molecule has 0 radical (unpaired) electrons. The molecule has 4 nitrogen and oxygen atoms in total. The van der Waals surface area contributed by atoms with Crippen LogP contribution >= 0.6 is 7.14 Å². The molecule has 2 aromatic carbocycles. The minimum atomic E-state index is -3.70. The van der Waals surface area contributed by atoms with Crippen LogP contribution < -0.4 is 5.30 Å². The molecular formula is C28H39O4P. The first kappa shape index (κ1) is 27.1. The Morgan fingerprint density at radius 3 is 1.94 bits per heavy atom. The van der Waals surface area contributed by atoms with Gasteiger partial charge in [0.1, 0.15) is 6.16 Å². The van der Waals surface area contributed by atoms with E-state index in [0.717, 1.165) is 36.0 Å². The molecular weight excluding hydrogens is 431 g/mol. The van der Waals surface area contributed by atoms with Crippen molar-refractivity contribution in [1.82, 2.24) is 0 Å². The van der Waals surface area contributed by atoms with Crippen LogP contribution in [0.4, 0.5) is 0 Å². The van der Waals surface area contributed by atoms with Crippen molar-refractivity contribution in [1.29, 1.82) is 0 Å². The van der Waals surface area contributed by atoms with Crippen molar-refractivity contribution in [2.75, 3.05) is 12.8 Å². The maximum absolute atomic E-state index is 14.1. The van der Waals surface area contributed by atoms with E-state index in [1.165, 1.54) is 32.1 Å². The van der Waals surface area contributed by atoms with Gasteiger partial charge in [0.25, 0.3) is 0 Å². The number of benzene rings is 2. The monoisotopic (exact) mass is 470 g/mol. The molecule has 1 atom stereocenters. The third kappa shape index (κ3) is 7.96. The number of esters is 1. The summed E-state index contributed by atoms with van der Waals surface area (Å²) in [5, 5.41) is 0.401. The molecule has 5 heteroatoms. The summed E-state index contributed by atoms with van der Waals surface area (Å²) >= 11 is 0. The van der Waals surface area contributed by atoms with Crippen molar-refractivity contribution in [2.45, 2.75) is 79.1 Å². The Hall–Kier alpha value is -2.19. The second-order valence-corrected chi connectivity index (χ2v) is 11.7. The highest BCUT2D eigenvalue weighted by molar-refractivity contribution is 7.88. The Morgan fingerprint density at radius 2 is 1.36 bits per heavy atom. The molecule has 0 N–H and O–H groups in total. The molecule has 0 aliphatic heterocycles. The van der Waals surface area contributed by atoms with E-state index in [9.17, 15) is 14.2 Å². The van der Waals surface area contributed by atoms with E-state index >= 15 is 0 Å². The zero-order valence-corrected chi connectivity index (χ0v) is 21.6. The highest BCUT2D eigenvalue weighted by Crippen LogP contribution is 2.49. The smallest absolute Gasteiger partial charge is 0.314 e. The van der Waals surface area contributed by atoms with Gasteiger partial charge in [0, 0.05) is 10.9 Å². The van der Waals surface area contributed by atoms with Crippen LogP contribution in [0.25, 0.3) is 0 Å². The van der Waals surface area contributed by atoms with Crippen LogP contribution in [0, 0.1) is 20.8 Å². The van der Waals surface area contributed by atoms with Gasteiger partial charge in [-0.3, -0.25) is 9.59 Å². The lowest BCUT2D eigenvalue weighted by Gasteiger charge is -2.20. The number of unbranched alkanes of at least 4 members (excludes halogenated alkanes) is 7. The fourth-order valence-corrected chi connectivity index (χ4v) is 6.68. The third-order valence-corrected chi connectivity index (χ3v) is 8.72. The molecule has 1 unspecified atom stereocenters. The topological polar surface area (TPSA) is 60.4 Å². The van der Waals surface area contributed by atoms with Crippen molar-refractivity contribution < 1.29 is 18.9 Å². The summed E-state index contributed by atoms with van der Waals surface area (Å²) in [5.74, 6) is -0.569. The predicted molar refractivity (Wildman–Crippen MR) is 137 cm³/mol. The van der Waals surface area contributed by atoms with E-state index < -0.39 is 24.8 Å². The van der Waals surface area contributed by atoms with Gasteiger partial charge < -0.3 is 9.30 Å². The van der Waals surface area contributed by atoms with Gasteiger partial charge in [-0.1, -0.05) is 99.9 Å². The van der Waals surface area contributed by atoms with Gasteiger partial charge in [-0.05, 0) is 38.3 Å². The van der Waals surface area contributed by atoms with E-state index in [-0.39, 0.29) is 0 Å². The average Bonchev–Trinajstić information content (AvgIpc) is 2.77. The van der Waals surface area contributed by atoms with Crippen molar-refractivity contribution in [3.63, 3.8) is 0 Å². The first-order chi connectivity index (χ1) is 15.8. The molecule has 180 valence electrons. The summed E-state index contributed by atoms with van der Waals surface area (Å²) in [6.45, 7) is 8.18. The second-order valence-electron chi connectivity index (χ2n) is 9.01. The molecule has 0 heterocycles. The highest BCUT2D eigenvalue weighted by atomic mass is 31.2. The van der Waals surface area contributed by atoms with Gasteiger partial charge in [0.2, 0.25) is 5.52 Å². The van der Waals surface area contributed by atoms with E-state index in [1.54, 1.807) is 30.3 Å². The summed E-state index contributed by atoms with van der Waals surface area (Å²) < 4.78 is 19.5. The standard InChI is InChI=1S/C28H39O4P/c1-5-6-7-8-9-10-11-15-18-32-26(29)21-33(31,25-16-13-12-14-17-25)28(30)27-23(3)19-22(2)20-24(27)4/h12-14,16-17,19-20H,5-11,15,18,21H2,1-4H3. The lowest BCUT2D eigenvalue weighted by molar-refractivity contribution is -0.140. The van der Waals surface area contributed by atoms with E-state index in [0.29, 0.717) is 17.5 Å². The molecule has 0 aliphatic carbocycles. The zero-order chi connectivity index (χ0) is 24.3. The van der Waals surface area contributed by atoms with E-state index in [4.69, 9.17) is 4.74 Å². The molecule has 0 aliphatic rings. The normalized spacial score (nSPS) is 12.8. The minimum absolute atomic E-state index is 0.305. The van der Waals surface area contributed by atoms with Gasteiger partial charge in [-0.15, -0.1) is 0 Å². The Balaban J connectivity index is 2.05. The lowest BCUT2D eigenvalue weighted by Crippen LogP contribution is -2.23. The van der Waals surface area contributed by atoms with Crippen molar-refractivity contribution >= 4 is 23.9 Å².